The number of nitrogens with two attached hydrogens (primary N) is 1. The molecule has 1 unspecified atom stereocenters. The number of hydrogen-bond donors (Lipinski definition) is 1. The second-order valence-electron chi connectivity index (χ2n) is 5.02. The third-order valence-electron chi connectivity index (χ3n) is 3.85. The van der Waals surface area contributed by atoms with Gasteiger partial charge >= 0.3 is 0 Å². The van der Waals surface area contributed by atoms with E-state index in [1.165, 1.54) is 12.1 Å². The fourth-order valence-corrected chi connectivity index (χ4v) is 2.86. The van der Waals surface area contributed by atoms with E-state index in [9.17, 15) is 4.39 Å². The van der Waals surface area contributed by atoms with Crippen LogP contribution in [-0.4, -0.2) is 12.7 Å². The van der Waals surface area contributed by atoms with Crippen molar-refractivity contribution in [1.29, 1.82) is 0 Å². The van der Waals surface area contributed by atoms with Crippen LogP contribution in [0.15, 0.2) is 18.2 Å². The van der Waals surface area contributed by atoms with Crippen LogP contribution < -0.4 is 5.73 Å². The molecule has 2 N–H and O–H groups in total. The maximum Gasteiger partial charge on any atom is 0.123 e. The summed E-state index contributed by atoms with van der Waals surface area (Å²) in [6.45, 7) is 1.88. The minimum atomic E-state index is -0.305. The van der Waals surface area contributed by atoms with Gasteiger partial charge in [-0.25, -0.2) is 4.39 Å². The van der Waals surface area contributed by atoms with E-state index in [1.54, 1.807) is 7.11 Å². The highest BCUT2D eigenvalue weighted by molar-refractivity contribution is 5.28. The quantitative estimate of drug-likeness (QED) is 0.876. The molecule has 0 heterocycles. The van der Waals surface area contributed by atoms with Crippen molar-refractivity contribution in [2.45, 2.75) is 44.2 Å². The van der Waals surface area contributed by atoms with Crippen LogP contribution in [0.2, 0.25) is 0 Å². The van der Waals surface area contributed by atoms with E-state index in [-0.39, 0.29) is 17.5 Å². The summed E-state index contributed by atoms with van der Waals surface area (Å²) in [5.41, 5.74) is 7.73. The molecule has 0 amide bonds. The third kappa shape index (κ3) is 2.35. The average Bonchev–Trinajstić information content (AvgIpc) is 2.76. The van der Waals surface area contributed by atoms with Gasteiger partial charge in [-0.1, -0.05) is 18.9 Å². The molecule has 0 bridgehead atoms. The van der Waals surface area contributed by atoms with E-state index in [2.05, 4.69) is 0 Å². The van der Waals surface area contributed by atoms with E-state index in [0.717, 1.165) is 36.8 Å². The zero-order chi connectivity index (χ0) is 12.5. The van der Waals surface area contributed by atoms with E-state index in [0.29, 0.717) is 0 Å². The number of aryl methyl sites for hydroxylation is 1. The highest BCUT2D eigenvalue weighted by Crippen LogP contribution is 2.41. The second-order valence-corrected chi connectivity index (χ2v) is 5.02. The Morgan fingerprint density at radius 1 is 1.29 bits per heavy atom. The average molecular weight is 237 g/mol. The Bertz CT molecular complexity index is 379. The van der Waals surface area contributed by atoms with Gasteiger partial charge in [0, 0.05) is 7.11 Å². The highest BCUT2D eigenvalue weighted by atomic mass is 19.1. The summed E-state index contributed by atoms with van der Waals surface area (Å²) in [5.74, 6) is -0.223. The SMILES string of the molecule is COC1(C(N)c2cc(C)cc(F)c2)CCCC1. The Labute approximate surface area is 102 Å². The number of halogens is 1. The number of rotatable bonds is 3. The Morgan fingerprint density at radius 2 is 1.94 bits per heavy atom. The molecule has 2 rings (SSSR count). The highest BCUT2D eigenvalue weighted by Gasteiger charge is 2.40. The van der Waals surface area contributed by atoms with Crippen molar-refractivity contribution in [1.82, 2.24) is 0 Å². The first-order chi connectivity index (χ1) is 8.07. The molecule has 1 aliphatic carbocycles. The van der Waals surface area contributed by atoms with E-state index in [4.69, 9.17) is 10.5 Å². The Hall–Kier alpha value is -0.930. The topological polar surface area (TPSA) is 35.2 Å². The van der Waals surface area contributed by atoms with Crippen LogP contribution in [0.1, 0.15) is 42.9 Å². The van der Waals surface area contributed by atoms with Gasteiger partial charge in [-0.2, -0.15) is 0 Å². The third-order valence-corrected chi connectivity index (χ3v) is 3.85. The van der Waals surface area contributed by atoms with Gasteiger partial charge in [0.2, 0.25) is 0 Å². The van der Waals surface area contributed by atoms with Crippen molar-refractivity contribution in [3.63, 3.8) is 0 Å². The van der Waals surface area contributed by atoms with Crippen molar-refractivity contribution in [3.05, 3.63) is 35.1 Å². The first-order valence-electron chi connectivity index (χ1n) is 6.15. The van der Waals surface area contributed by atoms with E-state index < -0.39 is 0 Å². The molecular weight excluding hydrogens is 217 g/mol. The first-order valence-corrected chi connectivity index (χ1v) is 6.15. The molecule has 0 radical (unpaired) electrons. The molecule has 0 aromatic heterocycles. The lowest BCUT2D eigenvalue weighted by Gasteiger charge is -2.34. The molecule has 0 saturated heterocycles. The summed E-state index contributed by atoms with van der Waals surface area (Å²) in [5, 5.41) is 0. The number of benzene rings is 1. The molecule has 3 heteroatoms. The van der Waals surface area contributed by atoms with Crippen molar-refractivity contribution < 1.29 is 9.13 Å². The first kappa shape index (κ1) is 12.5. The second kappa shape index (κ2) is 4.75. The molecule has 1 saturated carbocycles. The van der Waals surface area contributed by atoms with Gasteiger partial charge < -0.3 is 10.5 Å². The molecule has 2 nitrogen and oxygen atoms in total. The Morgan fingerprint density at radius 3 is 2.47 bits per heavy atom. The largest absolute Gasteiger partial charge is 0.376 e. The number of methoxy groups -OCH3 is 1. The lowest BCUT2D eigenvalue weighted by atomic mass is 9.87. The fraction of sp³-hybridized carbons (Fsp3) is 0.571. The molecule has 1 aromatic rings. The van der Waals surface area contributed by atoms with Crippen LogP contribution in [0.3, 0.4) is 0 Å². The molecule has 1 fully saturated rings. The van der Waals surface area contributed by atoms with Gasteiger partial charge in [-0.15, -0.1) is 0 Å². The standard InChI is InChI=1S/C14H20FNO/c1-10-7-11(9-12(15)8-10)13(16)14(17-2)5-3-4-6-14/h7-9,13H,3-6,16H2,1-2H3. The minimum absolute atomic E-state index is 0.223. The summed E-state index contributed by atoms with van der Waals surface area (Å²) >= 11 is 0. The van der Waals surface area contributed by atoms with Crippen LogP contribution in [0, 0.1) is 12.7 Å². The van der Waals surface area contributed by atoms with Gasteiger partial charge in [0.1, 0.15) is 5.82 Å². The lowest BCUT2D eigenvalue weighted by molar-refractivity contribution is -0.0264. The molecule has 17 heavy (non-hydrogen) atoms. The molecule has 1 atom stereocenters. The van der Waals surface area contributed by atoms with E-state index in [1.807, 2.05) is 13.0 Å². The summed E-state index contributed by atoms with van der Waals surface area (Å²) in [7, 11) is 1.71. The maximum absolute atomic E-state index is 13.4. The van der Waals surface area contributed by atoms with Gasteiger partial charge in [-0.05, 0) is 43.0 Å². The van der Waals surface area contributed by atoms with E-state index >= 15 is 0 Å². The smallest absolute Gasteiger partial charge is 0.123 e. The normalized spacial score (nSPS) is 20.5. The van der Waals surface area contributed by atoms with Crippen LogP contribution in [0.25, 0.3) is 0 Å². The number of ether oxygens (including phenoxy) is 1. The monoisotopic (exact) mass is 237 g/mol. The Kier molecular flexibility index (Phi) is 3.50. The summed E-state index contributed by atoms with van der Waals surface area (Å²) in [6.07, 6.45) is 4.19. The van der Waals surface area contributed by atoms with Crippen LogP contribution in [-0.2, 0) is 4.74 Å². The predicted octanol–water partition coefficient (Wildman–Crippen LogP) is 3.09. The maximum atomic E-state index is 13.4. The van der Waals surface area contributed by atoms with Crippen molar-refractivity contribution in [2.75, 3.05) is 7.11 Å². The molecule has 1 aromatic carbocycles. The molecular formula is C14H20FNO. The number of hydrogen-bond acceptors (Lipinski definition) is 2. The summed E-state index contributed by atoms with van der Waals surface area (Å²) in [4.78, 5) is 0. The molecule has 94 valence electrons. The summed E-state index contributed by atoms with van der Waals surface area (Å²) < 4.78 is 19.1. The van der Waals surface area contributed by atoms with Crippen molar-refractivity contribution in [2.24, 2.45) is 5.73 Å². The van der Waals surface area contributed by atoms with Gasteiger partial charge in [0.05, 0.1) is 11.6 Å². The van der Waals surface area contributed by atoms with Crippen LogP contribution in [0.4, 0.5) is 4.39 Å². The van der Waals surface area contributed by atoms with Gasteiger partial charge in [0.15, 0.2) is 0 Å². The Balaban J connectivity index is 2.32. The van der Waals surface area contributed by atoms with Crippen LogP contribution in [0.5, 0.6) is 0 Å². The van der Waals surface area contributed by atoms with Crippen molar-refractivity contribution >= 4 is 0 Å². The molecule has 1 aliphatic rings. The van der Waals surface area contributed by atoms with Gasteiger partial charge in [0.25, 0.3) is 0 Å². The van der Waals surface area contributed by atoms with Crippen LogP contribution >= 0.6 is 0 Å². The zero-order valence-electron chi connectivity index (χ0n) is 10.5. The summed E-state index contributed by atoms with van der Waals surface area (Å²) in [6, 6.07) is 4.75. The van der Waals surface area contributed by atoms with Gasteiger partial charge in [-0.3, -0.25) is 0 Å². The minimum Gasteiger partial charge on any atom is -0.376 e. The zero-order valence-corrected chi connectivity index (χ0v) is 10.5. The van der Waals surface area contributed by atoms with Crippen molar-refractivity contribution in [3.8, 4) is 0 Å². The molecule has 0 spiro atoms. The predicted molar refractivity (Wildman–Crippen MR) is 66.3 cm³/mol. The fourth-order valence-electron chi connectivity index (χ4n) is 2.86. The lowest BCUT2D eigenvalue weighted by Crippen LogP contribution is -2.40. The molecule has 0 aliphatic heterocycles.